The quantitative estimate of drug-likeness (QED) is 0.144. The average Bonchev–Trinajstić information content (AvgIpc) is 2.94. The van der Waals surface area contributed by atoms with Crippen molar-refractivity contribution in [1.82, 2.24) is 0 Å². The molecule has 5 nitrogen and oxygen atoms in total. The van der Waals surface area contributed by atoms with E-state index in [2.05, 4.69) is 155 Å². The summed E-state index contributed by atoms with van der Waals surface area (Å²) in [5.74, 6) is 0. The number of aryl methyl sites for hydroxylation is 1. The van der Waals surface area contributed by atoms with Gasteiger partial charge in [0.15, 0.2) is 0 Å². The Labute approximate surface area is 218 Å². The monoisotopic (exact) mass is 485 g/mol. The van der Waals surface area contributed by atoms with Crippen LogP contribution in [-0.2, 0) is 0 Å². The molecule has 0 amide bonds. The highest BCUT2D eigenvalue weighted by molar-refractivity contribution is 5.70. The Morgan fingerprint density at radius 1 is 0.297 bits per heavy atom. The highest BCUT2D eigenvalue weighted by atomic mass is 14.9. The van der Waals surface area contributed by atoms with Gasteiger partial charge in [0.25, 0.3) is 0 Å². The molecule has 0 atom stereocenters. The maximum Gasteiger partial charge on any atom is 0.0385 e. The van der Waals surface area contributed by atoms with E-state index >= 15 is 0 Å². The highest BCUT2D eigenvalue weighted by Crippen LogP contribution is 2.25. The summed E-state index contributed by atoms with van der Waals surface area (Å²) < 4.78 is 0. The summed E-state index contributed by atoms with van der Waals surface area (Å²) in [4.78, 5) is 0. The molecule has 0 radical (unpaired) electrons. The molecule has 0 aromatic heterocycles. The van der Waals surface area contributed by atoms with Crippen molar-refractivity contribution in [3.8, 4) is 0 Å². The van der Waals surface area contributed by atoms with Crippen molar-refractivity contribution in [3.63, 3.8) is 0 Å². The fourth-order valence-electron chi connectivity index (χ4n) is 3.93. The maximum atomic E-state index is 3.46. The lowest BCUT2D eigenvalue weighted by Gasteiger charge is -2.12. The predicted octanol–water partition coefficient (Wildman–Crippen LogP) is 9.01. The smallest absolute Gasteiger partial charge is 0.0385 e. The number of nitrogens with one attached hydrogen (secondary N) is 5. The van der Waals surface area contributed by atoms with E-state index in [0.29, 0.717) is 0 Å². The van der Waals surface area contributed by atoms with Gasteiger partial charge in [0.1, 0.15) is 0 Å². The largest absolute Gasteiger partial charge is 0.388 e. The van der Waals surface area contributed by atoms with E-state index in [1.54, 1.807) is 0 Å². The van der Waals surface area contributed by atoms with Crippen molar-refractivity contribution in [2.45, 2.75) is 6.92 Å². The summed E-state index contributed by atoms with van der Waals surface area (Å²) in [7, 11) is 1.92. The van der Waals surface area contributed by atoms with E-state index in [1.165, 1.54) is 5.56 Å². The third-order valence-corrected chi connectivity index (χ3v) is 6.03. The topological polar surface area (TPSA) is 60.1 Å². The zero-order valence-electron chi connectivity index (χ0n) is 21.0. The summed E-state index contributed by atoms with van der Waals surface area (Å²) in [5, 5.41) is 16.9. The van der Waals surface area contributed by atoms with Crippen LogP contribution in [-0.4, -0.2) is 7.05 Å². The minimum absolute atomic E-state index is 1.03. The first-order chi connectivity index (χ1) is 18.1. The van der Waals surface area contributed by atoms with E-state index in [1.807, 2.05) is 7.05 Å². The molecule has 0 fully saturated rings. The van der Waals surface area contributed by atoms with Crippen molar-refractivity contribution in [1.29, 1.82) is 0 Å². The molecule has 5 aromatic carbocycles. The number of hydrogen-bond donors (Lipinski definition) is 5. The van der Waals surface area contributed by atoms with Gasteiger partial charge in [-0.05, 0) is 116 Å². The Bertz CT molecular complexity index is 1410. The van der Waals surface area contributed by atoms with E-state index in [-0.39, 0.29) is 0 Å². The molecule has 0 saturated carbocycles. The lowest BCUT2D eigenvalue weighted by atomic mass is 10.2. The van der Waals surface area contributed by atoms with Gasteiger partial charge in [0.2, 0.25) is 0 Å². The minimum Gasteiger partial charge on any atom is -0.388 e. The van der Waals surface area contributed by atoms with Gasteiger partial charge in [-0.15, -0.1) is 0 Å². The van der Waals surface area contributed by atoms with Gasteiger partial charge < -0.3 is 26.6 Å². The molecule has 0 aliphatic rings. The van der Waals surface area contributed by atoms with Gasteiger partial charge >= 0.3 is 0 Å². The summed E-state index contributed by atoms with van der Waals surface area (Å²) in [6, 6.07) is 41.5. The van der Waals surface area contributed by atoms with Crippen LogP contribution in [0.1, 0.15) is 5.56 Å². The van der Waals surface area contributed by atoms with E-state index < -0.39 is 0 Å². The van der Waals surface area contributed by atoms with Crippen molar-refractivity contribution in [2.24, 2.45) is 0 Å². The number of hydrogen-bond acceptors (Lipinski definition) is 5. The van der Waals surface area contributed by atoms with Crippen LogP contribution in [0.3, 0.4) is 0 Å². The zero-order valence-corrected chi connectivity index (χ0v) is 21.0. The fraction of sp³-hybridized carbons (Fsp3) is 0.0625. The highest BCUT2D eigenvalue weighted by Gasteiger charge is 2.01. The van der Waals surface area contributed by atoms with Crippen molar-refractivity contribution in [3.05, 3.63) is 127 Å². The second-order valence-electron chi connectivity index (χ2n) is 8.93. The van der Waals surface area contributed by atoms with Gasteiger partial charge in [-0.2, -0.15) is 0 Å². The molecule has 0 unspecified atom stereocenters. The van der Waals surface area contributed by atoms with E-state index in [9.17, 15) is 0 Å². The molecule has 0 spiro atoms. The van der Waals surface area contributed by atoms with Crippen LogP contribution in [0, 0.1) is 6.92 Å². The Balaban J connectivity index is 1.14. The van der Waals surface area contributed by atoms with Crippen LogP contribution in [0.2, 0.25) is 0 Å². The predicted molar refractivity (Wildman–Crippen MR) is 160 cm³/mol. The molecule has 184 valence electrons. The Morgan fingerprint density at radius 2 is 0.486 bits per heavy atom. The normalized spacial score (nSPS) is 10.4. The lowest BCUT2D eigenvalue weighted by Crippen LogP contribution is -1.94. The summed E-state index contributed by atoms with van der Waals surface area (Å²) in [5.41, 5.74) is 10.7. The first-order valence-electron chi connectivity index (χ1n) is 12.4. The molecule has 0 saturated heterocycles. The molecule has 5 heteroatoms. The van der Waals surface area contributed by atoms with Crippen molar-refractivity contribution in [2.75, 3.05) is 33.6 Å². The van der Waals surface area contributed by atoms with Crippen molar-refractivity contribution < 1.29 is 0 Å². The number of anilines is 9. The molecule has 0 heterocycles. The molecular formula is C32H31N5. The molecule has 0 bridgehead atoms. The molecule has 0 aliphatic heterocycles. The minimum atomic E-state index is 1.03. The number of benzene rings is 5. The third kappa shape index (κ3) is 6.61. The molecule has 5 N–H and O–H groups in total. The van der Waals surface area contributed by atoms with Crippen molar-refractivity contribution >= 4 is 51.2 Å². The zero-order chi connectivity index (χ0) is 25.5. The van der Waals surface area contributed by atoms with Crippen LogP contribution in [0.5, 0.6) is 0 Å². The van der Waals surface area contributed by atoms with E-state index in [0.717, 1.165) is 51.2 Å². The Hall–Kier alpha value is -4.90. The van der Waals surface area contributed by atoms with Gasteiger partial charge in [0.05, 0.1) is 0 Å². The van der Waals surface area contributed by atoms with Crippen LogP contribution in [0.4, 0.5) is 51.2 Å². The van der Waals surface area contributed by atoms with Gasteiger partial charge in [0, 0.05) is 58.2 Å². The molecule has 5 rings (SSSR count). The maximum absolute atomic E-state index is 3.46. The standard InChI is InChI=1S/C32H31N5/c1-23-3-5-25(6-4-23)34-27-11-13-29(14-12-27)36-31-19-21-32(22-20-31)37-30-17-15-28(16-18-30)35-26-9-7-24(33-2)8-10-26/h3-22,33-37H,1-2H3. The molecule has 0 aliphatic carbocycles. The second kappa shape index (κ2) is 11.2. The van der Waals surface area contributed by atoms with Gasteiger partial charge in [-0.3, -0.25) is 0 Å². The number of rotatable bonds is 9. The Morgan fingerprint density at radius 3 is 0.703 bits per heavy atom. The second-order valence-corrected chi connectivity index (χ2v) is 8.93. The van der Waals surface area contributed by atoms with Crippen LogP contribution in [0.25, 0.3) is 0 Å². The SMILES string of the molecule is CNc1ccc(Nc2ccc(Nc3ccc(Nc4ccc(Nc5ccc(C)cc5)cc4)cc3)cc2)cc1. The Kier molecular flexibility index (Phi) is 7.23. The van der Waals surface area contributed by atoms with Crippen LogP contribution < -0.4 is 26.6 Å². The first-order valence-corrected chi connectivity index (χ1v) is 12.4. The summed E-state index contributed by atoms with van der Waals surface area (Å²) >= 11 is 0. The summed E-state index contributed by atoms with van der Waals surface area (Å²) in [6.07, 6.45) is 0. The van der Waals surface area contributed by atoms with Gasteiger partial charge in [-0.25, -0.2) is 0 Å². The lowest BCUT2D eigenvalue weighted by molar-refractivity contribution is 1.45. The average molecular weight is 486 g/mol. The van der Waals surface area contributed by atoms with Gasteiger partial charge in [-0.1, -0.05) is 17.7 Å². The summed E-state index contributed by atoms with van der Waals surface area (Å²) in [6.45, 7) is 2.09. The van der Waals surface area contributed by atoms with E-state index in [4.69, 9.17) is 0 Å². The molecule has 37 heavy (non-hydrogen) atoms. The molecule has 5 aromatic rings. The molecular weight excluding hydrogens is 454 g/mol. The van der Waals surface area contributed by atoms with Crippen LogP contribution in [0.15, 0.2) is 121 Å². The fourth-order valence-corrected chi connectivity index (χ4v) is 3.93. The van der Waals surface area contributed by atoms with Crippen LogP contribution >= 0.6 is 0 Å². The first kappa shape index (κ1) is 23.8. The third-order valence-electron chi connectivity index (χ3n) is 6.03.